The monoisotopic (exact) mass is 264 g/mol. The molecule has 0 radical (unpaired) electrons. The molecule has 1 aliphatic heterocycles. The molecule has 110 valence electrons. The molecule has 2 aliphatic carbocycles. The summed E-state index contributed by atoms with van der Waals surface area (Å²) in [6.07, 6.45) is 8.77. The third-order valence-electron chi connectivity index (χ3n) is 6.06. The van der Waals surface area contributed by atoms with E-state index < -0.39 is 0 Å². The SMILES string of the molecule is CC1CCC(CN2CC(C)(C3CC3)NCC2C)CC1. The van der Waals surface area contributed by atoms with Crippen molar-refractivity contribution in [3.05, 3.63) is 0 Å². The van der Waals surface area contributed by atoms with E-state index in [0.717, 1.165) is 23.8 Å². The molecule has 3 rings (SSSR count). The number of nitrogens with zero attached hydrogens (tertiary/aromatic N) is 1. The van der Waals surface area contributed by atoms with Crippen LogP contribution in [0.3, 0.4) is 0 Å². The fourth-order valence-corrected chi connectivity index (χ4v) is 4.23. The van der Waals surface area contributed by atoms with Crippen molar-refractivity contribution >= 4 is 0 Å². The Kier molecular flexibility index (Phi) is 3.92. The summed E-state index contributed by atoms with van der Waals surface area (Å²) in [5.74, 6) is 2.91. The fourth-order valence-electron chi connectivity index (χ4n) is 4.23. The van der Waals surface area contributed by atoms with Gasteiger partial charge in [0.2, 0.25) is 0 Å². The average molecular weight is 264 g/mol. The summed E-state index contributed by atoms with van der Waals surface area (Å²) in [6.45, 7) is 11.1. The molecule has 0 bridgehead atoms. The van der Waals surface area contributed by atoms with Crippen LogP contribution in [0.4, 0.5) is 0 Å². The zero-order chi connectivity index (χ0) is 13.5. The lowest BCUT2D eigenvalue weighted by Gasteiger charge is -2.47. The van der Waals surface area contributed by atoms with Gasteiger partial charge in [-0.3, -0.25) is 4.90 Å². The van der Waals surface area contributed by atoms with Crippen LogP contribution in [0.1, 0.15) is 59.3 Å². The molecule has 2 unspecified atom stereocenters. The van der Waals surface area contributed by atoms with Crippen LogP contribution in [-0.4, -0.2) is 36.1 Å². The van der Waals surface area contributed by atoms with Crippen LogP contribution in [0.25, 0.3) is 0 Å². The Balaban J connectivity index is 1.56. The Bertz CT molecular complexity index is 304. The summed E-state index contributed by atoms with van der Waals surface area (Å²) in [4.78, 5) is 2.80. The number of hydrogen-bond acceptors (Lipinski definition) is 2. The number of nitrogens with one attached hydrogen (secondary N) is 1. The highest BCUT2D eigenvalue weighted by molar-refractivity contribution is 5.03. The van der Waals surface area contributed by atoms with Gasteiger partial charge in [0.15, 0.2) is 0 Å². The zero-order valence-electron chi connectivity index (χ0n) is 13.1. The van der Waals surface area contributed by atoms with Crippen LogP contribution >= 0.6 is 0 Å². The molecular weight excluding hydrogens is 232 g/mol. The van der Waals surface area contributed by atoms with E-state index >= 15 is 0 Å². The van der Waals surface area contributed by atoms with Gasteiger partial charge in [0.1, 0.15) is 0 Å². The van der Waals surface area contributed by atoms with Gasteiger partial charge in [-0.15, -0.1) is 0 Å². The second kappa shape index (κ2) is 5.37. The summed E-state index contributed by atoms with van der Waals surface area (Å²) in [5.41, 5.74) is 0.411. The first-order valence-corrected chi connectivity index (χ1v) is 8.56. The van der Waals surface area contributed by atoms with Gasteiger partial charge < -0.3 is 5.32 Å². The van der Waals surface area contributed by atoms with E-state index in [1.54, 1.807) is 0 Å². The zero-order valence-corrected chi connectivity index (χ0v) is 13.1. The summed E-state index contributed by atoms with van der Waals surface area (Å²) >= 11 is 0. The maximum absolute atomic E-state index is 3.84. The van der Waals surface area contributed by atoms with Crippen molar-refractivity contribution in [1.82, 2.24) is 10.2 Å². The lowest BCUT2D eigenvalue weighted by atomic mass is 9.82. The lowest BCUT2D eigenvalue weighted by molar-refractivity contribution is 0.0603. The first-order valence-electron chi connectivity index (χ1n) is 8.56. The molecule has 3 aliphatic rings. The lowest BCUT2D eigenvalue weighted by Crippen LogP contribution is -2.63. The Hall–Kier alpha value is -0.0800. The average Bonchev–Trinajstić information content (AvgIpc) is 3.21. The van der Waals surface area contributed by atoms with Gasteiger partial charge >= 0.3 is 0 Å². The minimum atomic E-state index is 0.411. The third kappa shape index (κ3) is 3.16. The standard InChI is InChI=1S/C17H32N2/c1-13-4-6-15(7-5-13)11-19-12-17(3,16-8-9-16)18-10-14(19)2/h13-16,18H,4-12H2,1-3H3. The van der Waals surface area contributed by atoms with Gasteiger partial charge in [-0.05, 0) is 57.3 Å². The van der Waals surface area contributed by atoms with E-state index in [2.05, 4.69) is 31.0 Å². The first kappa shape index (κ1) is 13.9. The second-order valence-corrected chi connectivity index (χ2v) is 7.98. The van der Waals surface area contributed by atoms with Gasteiger partial charge in [-0.2, -0.15) is 0 Å². The molecule has 0 aromatic heterocycles. The van der Waals surface area contributed by atoms with Crippen LogP contribution in [0, 0.1) is 17.8 Å². The highest BCUT2D eigenvalue weighted by Gasteiger charge is 2.45. The quantitative estimate of drug-likeness (QED) is 0.841. The van der Waals surface area contributed by atoms with Crippen molar-refractivity contribution in [2.45, 2.75) is 70.9 Å². The number of rotatable bonds is 3. The van der Waals surface area contributed by atoms with Crippen LogP contribution in [0.2, 0.25) is 0 Å². The molecule has 2 saturated carbocycles. The highest BCUT2D eigenvalue weighted by Crippen LogP contribution is 2.41. The molecule has 2 heteroatoms. The van der Waals surface area contributed by atoms with Crippen LogP contribution in [-0.2, 0) is 0 Å². The van der Waals surface area contributed by atoms with Crippen molar-refractivity contribution in [3.8, 4) is 0 Å². The van der Waals surface area contributed by atoms with Crippen LogP contribution in [0.5, 0.6) is 0 Å². The summed E-state index contributed by atoms with van der Waals surface area (Å²) in [7, 11) is 0. The van der Waals surface area contributed by atoms with Gasteiger partial charge in [-0.1, -0.05) is 19.8 Å². The number of hydrogen-bond donors (Lipinski definition) is 1. The molecule has 1 saturated heterocycles. The van der Waals surface area contributed by atoms with Crippen molar-refractivity contribution in [2.75, 3.05) is 19.6 Å². The molecule has 0 aromatic rings. The molecule has 0 aromatic carbocycles. The van der Waals surface area contributed by atoms with E-state index in [1.807, 2.05) is 0 Å². The molecule has 3 fully saturated rings. The van der Waals surface area contributed by atoms with Gasteiger partial charge in [0.25, 0.3) is 0 Å². The normalized spacial score (nSPS) is 45.3. The molecule has 0 spiro atoms. The van der Waals surface area contributed by atoms with Crippen molar-refractivity contribution in [2.24, 2.45) is 17.8 Å². The fraction of sp³-hybridized carbons (Fsp3) is 1.00. The minimum absolute atomic E-state index is 0.411. The van der Waals surface area contributed by atoms with Crippen LogP contribution in [0.15, 0.2) is 0 Å². The van der Waals surface area contributed by atoms with E-state index in [0.29, 0.717) is 5.54 Å². The third-order valence-corrected chi connectivity index (χ3v) is 6.06. The van der Waals surface area contributed by atoms with Crippen molar-refractivity contribution in [3.63, 3.8) is 0 Å². The number of piperazine rings is 1. The highest BCUT2D eigenvalue weighted by atomic mass is 15.3. The van der Waals surface area contributed by atoms with E-state index in [4.69, 9.17) is 0 Å². The smallest absolute Gasteiger partial charge is 0.0309 e. The summed E-state index contributed by atoms with van der Waals surface area (Å²) < 4.78 is 0. The maximum Gasteiger partial charge on any atom is 0.0309 e. The maximum atomic E-state index is 3.84. The Labute approximate surface area is 119 Å². The molecular formula is C17H32N2. The minimum Gasteiger partial charge on any atom is -0.308 e. The molecule has 2 atom stereocenters. The first-order chi connectivity index (χ1) is 9.07. The predicted molar refractivity (Wildman–Crippen MR) is 81.3 cm³/mol. The molecule has 1 N–H and O–H groups in total. The van der Waals surface area contributed by atoms with Crippen molar-refractivity contribution in [1.29, 1.82) is 0 Å². The Morgan fingerprint density at radius 1 is 1.05 bits per heavy atom. The summed E-state index contributed by atoms with van der Waals surface area (Å²) in [6, 6.07) is 0.728. The summed E-state index contributed by atoms with van der Waals surface area (Å²) in [5, 5.41) is 3.84. The van der Waals surface area contributed by atoms with Crippen molar-refractivity contribution < 1.29 is 0 Å². The van der Waals surface area contributed by atoms with Gasteiger partial charge in [0.05, 0.1) is 0 Å². The molecule has 19 heavy (non-hydrogen) atoms. The van der Waals surface area contributed by atoms with Gasteiger partial charge in [-0.25, -0.2) is 0 Å². The molecule has 1 heterocycles. The Morgan fingerprint density at radius 3 is 2.37 bits per heavy atom. The predicted octanol–water partition coefficient (Wildman–Crippen LogP) is 3.28. The van der Waals surface area contributed by atoms with Gasteiger partial charge in [0, 0.05) is 31.2 Å². The molecule has 2 nitrogen and oxygen atoms in total. The Morgan fingerprint density at radius 2 is 1.74 bits per heavy atom. The molecule has 0 amide bonds. The topological polar surface area (TPSA) is 15.3 Å². The second-order valence-electron chi connectivity index (χ2n) is 7.98. The largest absolute Gasteiger partial charge is 0.308 e. The van der Waals surface area contributed by atoms with E-state index in [1.165, 1.54) is 58.2 Å². The van der Waals surface area contributed by atoms with E-state index in [-0.39, 0.29) is 0 Å². The van der Waals surface area contributed by atoms with Crippen LogP contribution < -0.4 is 5.32 Å². The van der Waals surface area contributed by atoms with E-state index in [9.17, 15) is 0 Å².